The van der Waals surface area contributed by atoms with Crippen molar-refractivity contribution < 1.29 is 26.6 Å². The van der Waals surface area contributed by atoms with Crippen LogP contribution in [0.4, 0.5) is 11.5 Å². The fourth-order valence-electron chi connectivity index (χ4n) is 3.40. The quantitative estimate of drug-likeness (QED) is 0.204. The van der Waals surface area contributed by atoms with E-state index in [2.05, 4.69) is 25.2 Å². The van der Waals surface area contributed by atoms with Gasteiger partial charge in [0.1, 0.15) is 17.1 Å². The van der Waals surface area contributed by atoms with E-state index in [0.717, 1.165) is 0 Å². The van der Waals surface area contributed by atoms with Crippen LogP contribution < -0.4 is 10.0 Å². The van der Waals surface area contributed by atoms with Gasteiger partial charge in [-0.2, -0.15) is 0 Å². The molecule has 0 radical (unpaired) electrons. The van der Waals surface area contributed by atoms with Gasteiger partial charge in [-0.25, -0.2) is 13.4 Å². The highest BCUT2D eigenvalue weighted by Gasteiger charge is 2.19. The van der Waals surface area contributed by atoms with E-state index >= 15 is 0 Å². The van der Waals surface area contributed by atoms with Crippen LogP contribution in [-0.4, -0.2) is 35.2 Å². The normalized spacial score (nSPS) is 11.5. The summed E-state index contributed by atoms with van der Waals surface area (Å²) in [6.45, 7) is 1.66. The number of carbonyl (C=O) groups is 1. The zero-order valence-electron chi connectivity index (χ0n) is 19.4. The fraction of sp³-hybridized carbons (Fsp3) is 0.125. The number of nitrogens with one attached hydrogen (secondary N) is 3. The Morgan fingerprint density at radius 3 is 2.43 bits per heavy atom. The topological polar surface area (TPSA) is 156 Å². The van der Waals surface area contributed by atoms with Gasteiger partial charge in [0.2, 0.25) is 5.91 Å². The number of carbonyl (C=O) groups excluding carboxylic acids is 1. The van der Waals surface area contributed by atoms with Gasteiger partial charge in [-0.05, 0) is 55.5 Å². The summed E-state index contributed by atoms with van der Waals surface area (Å²) in [5.74, 6) is 2.04. The smallest absolute Gasteiger partial charge is 0.263 e. The SMILES string of the molecule is Cc1cc(NS(=O)(=O)c2ccc(NC(=O)CCSc3nc(-c4ccco4)c(-c4ccco4)[nH]3)cc2)no1. The lowest BCUT2D eigenvalue weighted by molar-refractivity contribution is -0.115. The average molecular weight is 540 g/mol. The van der Waals surface area contributed by atoms with E-state index in [1.807, 2.05) is 12.1 Å². The molecule has 5 aromatic rings. The Bertz CT molecular complexity index is 1540. The Morgan fingerprint density at radius 1 is 1.05 bits per heavy atom. The number of anilines is 2. The molecule has 5 rings (SSSR count). The van der Waals surface area contributed by atoms with Gasteiger partial charge in [-0.3, -0.25) is 9.52 Å². The number of hydrogen-bond donors (Lipinski definition) is 3. The van der Waals surface area contributed by atoms with Crippen molar-refractivity contribution in [1.82, 2.24) is 15.1 Å². The number of furan rings is 2. The second kappa shape index (κ2) is 10.4. The first kappa shape index (κ1) is 24.5. The molecule has 0 aliphatic heterocycles. The van der Waals surface area contributed by atoms with Gasteiger partial charge in [0, 0.05) is 23.9 Å². The van der Waals surface area contributed by atoms with Crippen LogP contribution in [0.2, 0.25) is 0 Å². The Balaban J connectivity index is 1.16. The predicted octanol–water partition coefficient (Wildman–Crippen LogP) is 5.15. The monoisotopic (exact) mass is 539 g/mol. The van der Waals surface area contributed by atoms with Gasteiger partial charge in [0.15, 0.2) is 22.5 Å². The standard InChI is InChI=1S/C24H21N5O6S2/c1-15-14-20(28-35-15)29-37(31,32)17-8-6-16(7-9-17)25-21(30)10-13-36-24-26-22(18-4-2-11-33-18)23(27-24)19-5-3-12-34-19/h2-9,11-12,14H,10,13H2,1H3,(H,25,30)(H,26,27)(H,28,29). The van der Waals surface area contributed by atoms with Gasteiger partial charge < -0.3 is 23.7 Å². The number of aromatic amines is 1. The Hall–Kier alpha value is -4.23. The van der Waals surface area contributed by atoms with Gasteiger partial charge >= 0.3 is 0 Å². The fourth-order valence-corrected chi connectivity index (χ4v) is 5.20. The summed E-state index contributed by atoms with van der Waals surface area (Å²) in [7, 11) is -3.84. The van der Waals surface area contributed by atoms with E-state index in [9.17, 15) is 13.2 Å². The van der Waals surface area contributed by atoms with Crippen LogP contribution in [-0.2, 0) is 14.8 Å². The molecule has 0 bridgehead atoms. The van der Waals surface area contributed by atoms with Gasteiger partial charge in [-0.15, -0.1) is 0 Å². The summed E-state index contributed by atoms with van der Waals surface area (Å²) in [6.07, 6.45) is 3.36. The zero-order valence-corrected chi connectivity index (χ0v) is 21.1. The molecular formula is C24H21N5O6S2. The summed E-state index contributed by atoms with van der Waals surface area (Å²) in [5.41, 5.74) is 1.79. The molecule has 0 spiro atoms. The van der Waals surface area contributed by atoms with E-state index in [4.69, 9.17) is 13.4 Å². The van der Waals surface area contributed by atoms with Crippen molar-refractivity contribution in [2.75, 3.05) is 15.8 Å². The number of thioether (sulfide) groups is 1. The predicted molar refractivity (Wildman–Crippen MR) is 136 cm³/mol. The second-order valence-corrected chi connectivity index (χ2v) is 10.6. The van der Waals surface area contributed by atoms with Crippen molar-refractivity contribution >= 4 is 39.2 Å². The van der Waals surface area contributed by atoms with E-state index in [-0.39, 0.29) is 23.0 Å². The molecule has 0 saturated heterocycles. The first-order valence-corrected chi connectivity index (χ1v) is 13.5. The van der Waals surface area contributed by atoms with Crippen molar-refractivity contribution in [2.24, 2.45) is 0 Å². The number of aromatic nitrogens is 3. The van der Waals surface area contributed by atoms with Crippen molar-refractivity contribution in [3.8, 4) is 22.9 Å². The molecule has 11 nitrogen and oxygen atoms in total. The first-order valence-electron chi connectivity index (χ1n) is 11.0. The maximum atomic E-state index is 12.5. The van der Waals surface area contributed by atoms with Crippen LogP contribution in [0, 0.1) is 6.92 Å². The maximum Gasteiger partial charge on any atom is 0.263 e. The molecule has 1 aromatic carbocycles. The van der Waals surface area contributed by atoms with Crippen molar-refractivity contribution in [1.29, 1.82) is 0 Å². The molecule has 0 aliphatic rings. The lowest BCUT2D eigenvalue weighted by Crippen LogP contribution is -2.14. The number of hydrogen-bond acceptors (Lipinski definition) is 9. The average Bonchev–Trinajstić information content (AvgIpc) is 3.67. The van der Waals surface area contributed by atoms with Crippen LogP contribution >= 0.6 is 11.8 Å². The number of imidazole rings is 1. The maximum absolute atomic E-state index is 12.5. The molecule has 0 saturated carbocycles. The highest BCUT2D eigenvalue weighted by atomic mass is 32.2. The van der Waals surface area contributed by atoms with E-state index in [0.29, 0.717) is 45.3 Å². The number of sulfonamides is 1. The van der Waals surface area contributed by atoms with Crippen molar-refractivity contribution in [3.05, 3.63) is 72.9 Å². The summed E-state index contributed by atoms with van der Waals surface area (Å²) >= 11 is 1.39. The lowest BCUT2D eigenvalue weighted by atomic mass is 10.2. The number of H-pyrrole nitrogens is 1. The third-order valence-corrected chi connectivity index (χ3v) is 7.33. The Morgan fingerprint density at radius 2 is 1.78 bits per heavy atom. The molecule has 3 N–H and O–H groups in total. The zero-order chi connectivity index (χ0) is 25.8. The molecule has 1 amide bonds. The molecule has 0 aliphatic carbocycles. The van der Waals surface area contributed by atoms with Crippen LogP contribution in [0.15, 0.2) is 90.5 Å². The highest BCUT2D eigenvalue weighted by Crippen LogP contribution is 2.33. The molecule has 4 aromatic heterocycles. The number of amides is 1. The summed E-state index contributed by atoms with van der Waals surface area (Å²) < 4.78 is 43.2. The van der Waals surface area contributed by atoms with Crippen LogP contribution in [0.25, 0.3) is 22.9 Å². The number of rotatable bonds is 10. The van der Waals surface area contributed by atoms with Crippen molar-refractivity contribution in [2.45, 2.75) is 23.4 Å². The third kappa shape index (κ3) is 5.78. The van der Waals surface area contributed by atoms with E-state index < -0.39 is 10.0 Å². The molecule has 4 heterocycles. The molecule has 13 heteroatoms. The lowest BCUT2D eigenvalue weighted by Gasteiger charge is -2.07. The second-order valence-electron chi connectivity index (χ2n) is 7.82. The van der Waals surface area contributed by atoms with E-state index in [1.54, 1.807) is 31.6 Å². The van der Waals surface area contributed by atoms with Gasteiger partial charge in [-0.1, -0.05) is 16.9 Å². The number of benzene rings is 1. The number of nitrogens with zero attached hydrogens (tertiary/aromatic N) is 2. The van der Waals surface area contributed by atoms with Crippen molar-refractivity contribution in [3.63, 3.8) is 0 Å². The van der Waals surface area contributed by atoms with Crippen LogP contribution in [0.3, 0.4) is 0 Å². The molecule has 0 fully saturated rings. The molecular weight excluding hydrogens is 518 g/mol. The van der Waals surface area contributed by atoms with Gasteiger partial charge in [0.05, 0.1) is 17.4 Å². The summed E-state index contributed by atoms with van der Waals surface area (Å²) in [4.78, 5) is 20.3. The number of aryl methyl sites for hydroxylation is 1. The summed E-state index contributed by atoms with van der Waals surface area (Å²) in [5, 5.41) is 7.01. The highest BCUT2D eigenvalue weighted by molar-refractivity contribution is 7.99. The largest absolute Gasteiger partial charge is 0.463 e. The summed E-state index contributed by atoms with van der Waals surface area (Å²) in [6, 6.07) is 14.5. The Labute approximate surface area is 215 Å². The van der Waals surface area contributed by atoms with Gasteiger partial charge in [0.25, 0.3) is 10.0 Å². The van der Waals surface area contributed by atoms with Crippen LogP contribution in [0.5, 0.6) is 0 Å². The molecule has 0 unspecified atom stereocenters. The van der Waals surface area contributed by atoms with Crippen LogP contribution in [0.1, 0.15) is 12.2 Å². The molecule has 0 atom stereocenters. The third-order valence-electron chi connectivity index (χ3n) is 5.09. The minimum atomic E-state index is -3.84. The van der Waals surface area contributed by atoms with E-state index in [1.165, 1.54) is 42.1 Å². The minimum absolute atomic E-state index is 0.0271. The molecule has 190 valence electrons. The minimum Gasteiger partial charge on any atom is -0.463 e. The molecule has 37 heavy (non-hydrogen) atoms. The Kier molecular flexibility index (Phi) is 6.88. The first-order chi connectivity index (χ1) is 17.9.